The van der Waals surface area contributed by atoms with Crippen LogP contribution in [-0.4, -0.2) is 15.1 Å². The molecular formula is C10H16N2OS. The monoisotopic (exact) mass is 212 g/mol. The molecule has 0 radical (unpaired) electrons. The van der Waals surface area contributed by atoms with Gasteiger partial charge in [0.1, 0.15) is 16.6 Å². The zero-order valence-corrected chi connectivity index (χ0v) is 9.73. The second-order valence-electron chi connectivity index (χ2n) is 3.37. The number of nitrogens with zero attached hydrogens (tertiary/aromatic N) is 2. The second kappa shape index (κ2) is 5.20. The lowest BCUT2D eigenvalue weighted by molar-refractivity contribution is -0.118. The van der Waals surface area contributed by atoms with Gasteiger partial charge in [-0.15, -0.1) is 0 Å². The summed E-state index contributed by atoms with van der Waals surface area (Å²) >= 11 is 1.37. The van der Waals surface area contributed by atoms with Gasteiger partial charge in [0.05, 0.1) is 5.92 Å². The minimum absolute atomic E-state index is 0.0434. The molecule has 0 N–H and O–H groups in total. The number of aryl methyl sites for hydroxylation is 1. The molecule has 1 rings (SSSR count). The van der Waals surface area contributed by atoms with Gasteiger partial charge in [0.2, 0.25) is 0 Å². The molecule has 0 aromatic carbocycles. The number of hydrogen-bond donors (Lipinski definition) is 0. The van der Waals surface area contributed by atoms with Crippen LogP contribution in [0.15, 0.2) is 0 Å². The molecule has 0 fully saturated rings. The van der Waals surface area contributed by atoms with E-state index in [1.807, 2.05) is 6.92 Å². The summed E-state index contributed by atoms with van der Waals surface area (Å²) in [7, 11) is 0. The normalized spacial score (nSPS) is 12.8. The fourth-order valence-corrected chi connectivity index (χ4v) is 2.31. The van der Waals surface area contributed by atoms with E-state index in [0.717, 1.165) is 30.1 Å². The van der Waals surface area contributed by atoms with Crippen molar-refractivity contribution in [1.29, 1.82) is 0 Å². The molecule has 3 nitrogen and oxygen atoms in total. The van der Waals surface area contributed by atoms with Gasteiger partial charge in [-0.25, -0.2) is 4.98 Å². The molecule has 1 aromatic rings. The van der Waals surface area contributed by atoms with E-state index in [1.165, 1.54) is 11.5 Å². The number of carbonyl (C=O) groups excluding carboxylic acids is 1. The van der Waals surface area contributed by atoms with Crippen LogP contribution in [0, 0.1) is 0 Å². The molecule has 0 spiro atoms. The molecule has 0 bridgehead atoms. The Balaban J connectivity index is 2.78. The van der Waals surface area contributed by atoms with Crippen LogP contribution in [0.4, 0.5) is 0 Å². The SMILES string of the molecule is CCCc1nsc(C(CC)C(C)=O)n1. The van der Waals surface area contributed by atoms with E-state index in [-0.39, 0.29) is 11.7 Å². The maximum atomic E-state index is 11.3. The number of rotatable bonds is 5. The van der Waals surface area contributed by atoms with Gasteiger partial charge in [-0.3, -0.25) is 4.79 Å². The number of aromatic nitrogens is 2. The van der Waals surface area contributed by atoms with Gasteiger partial charge in [-0.2, -0.15) is 4.37 Å². The van der Waals surface area contributed by atoms with Crippen molar-refractivity contribution in [2.45, 2.75) is 46.0 Å². The van der Waals surface area contributed by atoms with Gasteiger partial charge in [0, 0.05) is 6.42 Å². The Kier molecular flexibility index (Phi) is 4.20. The van der Waals surface area contributed by atoms with Crippen LogP contribution < -0.4 is 0 Å². The van der Waals surface area contributed by atoms with Gasteiger partial charge in [-0.05, 0) is 31.3 Å². The third-order valence-electron chi connectivity index (χ3n) is 2.15. The molecule has 78 valence electrons. The summed E-state index contributed by atoms with van der Waals surface area (Å²) in [4.78, 5) is 15.7. The lowest BCUT2D eigenvalue weighted by Gasteiger charge is -2.04. The van der Waals surface area contributed by atoms with E-state index in [1.54, 1.807) is 6.92 Å². The van der Waals surface area contributed by atoms with Crippen molar-refractivity contribution in [3.05, 3.63) is 10.8 Å². The highest BCUT2D eigenvalue weighted by molar-refractivity contribution is 7.05. The maximum absolute atomic E-state index is 11.3. The summed E-state index contributed by atoms with van der Waals surface area (Å²) in [5.74, 6) is 1.03. The van der Waals surface area contributed by atoms with Crippen LogP contribution in [0.2, 0.25) is 0 Å². The minimum Gasteiger partial charge on any atom is -0.299 e. The first kappa shape index (κ1) is 11.3. The zero-order chi connectivity index (χ0) is 10.6. The van der Waals surface area contributed by atoms with Crippen molar-refractivity contribution < 1.29 is 4.79 Å². The lowest BCUT2D eigenvalue weighted by atomic mass is 10.0. The van der Waals surface area contributed by atoms with Crippen molar-refractivity contribution in [2.75, 3.05) is 0 Å². The third kappa shape index (κ3) is 2.61. The summed E-state index contributed by atoms with van der Waals surface area (Å²) in [6.07, 6.45) is 2.77. The molecule has 0 aliphatic carbocycles. The Morgan fingerprint density at radius 3 is 2.71 bits per heavy atom. The molecular weight excluding hydrogens is 196 g/mol. The molecule has 1 atom stereocenters. The fraction of sp³-hybridized carbons (Fsp3) is 0.700. The smallest absolute Gasteiger partial charge is 0.142 e. The number of hydrogen-bond acceptors (Lipinski definition) is 4. The summed E-state index contributed by atoms with van der Waals surface area (Å²) < 4.78 is 4.24. The summed E-state index contributed by atoms with van der Waals surface area (Å²) in [5, 5.41) is 0.878. The van der Waals surface area contributed by atoms with Crippen LogP contribution in [0.3, 0.4) is 0 Å². The zero-order valence-electron chi connectivity index (χ0n) is 8.91. The first-order valence-corrected chi connectivity index (χ1v) is 5.79. The number of ketones is 1. The van der Waals surface area contributed by atoms with Crippen molar-refractivity contribution in [1.82, 2.24) is 9.36 Å². The molecule has 0 saturated carbocycles. The highest BCUT2D eigenvalue weighted by Gasteiger charge is 2.18. The van der Waals surface area contributed by atoms with Crippen molar-refractivity contribution in [3.8, 4) is 0 Å². The Morgan fingerprint density at radius 1 is 1.50 bits per heavy atom. The molecule has 1 unspecified atom stereocenters. The van der Waals surface area contributed by atoms with Gasteiger partial charge in [-0.1, -0.05) is 13.8 Å². The summed E-state index contributed by atoms with van der Waals surface area (Å²) in [5.41, 5.74) is 0. The van der Waals surface area contributed by atoms with E-state index >= 15 is 0 Å². The van der Waals surface area contributed by atoms with Crippen LogP contribution in [-0.2, 0) is 11.2 Å². The Bertz CT molecular complexity index is 309. The minimum atomic E-state index is -0.0434. The maximum Gasteiger partial charge on any atom is 0.142 e. The van der Waals surface area contributed by atoms with E-state index in [0.29, 0.717) is 0 Å². The van der Waals surface area contributed by atoms with Gasteiger partial charge in [0.15, 0.2) is 0 Å². The average molecular weight is 212 g/mol. The van der Waals surface area contributed by atoms with Crippen LogP contribution in [0.5, 0.6) is 0 Å². The average Bonchev–Trinajstić information content (AvgIpc) is 2.54. The highest BCUT2D eigenvalue weighted by atomic mass is 32.1. The Hall–Kier alpha value is -0.770. The van der Waals surface area contributed by atoms with Crippen molar-refractivity contribution >= 4 is 17.3 Å². The Labute approximate surface area is 88.7 Å². The summed E-state index contributed by atoms with van der Waals surface area (Å²) in [6, 6.07) is 0. The topological polar surface area (TPSA) is 42.9 Å². The molecule has 0 saturated heterocycles. The molecule has 14 heavy (non-hydrogen) atoms. The Morgan fingerprint density at radius 2 is 2.21 bits per heavy atom. The second-order valence-corrected chi connectivity index (χ2v) is 4.15. The van der Waals surface area contributed by atoms with Gasteiger partial charge < -0.3 is 0 Å². The van der Waals surface area contributed by atoms with E-state index in [4.69, 9.17) is 0 Å². The highest BCUT2D eigenvalue weighted by Crippen LogP contribution is 2.22. The van der Waals surface area contributed by atoms with Crippen LogP contribution in [0.25, 0.3) is 0 Å². The predicted molar refractivity (Wildman–Crippen MR) is 57.6 cm³/mol. The molecule has 0 amide bonds. The molecule has 0 aliphatic rings. The first-order valence-electron chi connectivity index (χ1n) is 5.02. The summed E-state index contributed by atoms with van der Waals surface area (Å²) in [6.45, 7) is 5.73. The molecule has 4 heteroatoms. The van der Waals surface area contributed by atoms with E-state index < -0.39 is 0 Å². The predicted octanol–water partition coefficient (Wildman–Crippen LogP) is 2.57. The largest absolute Gasteiger partial charge is 0.299 e. The molecule has 1 aromatic heterocycles. The van der Waals surface area contributed by atoms with E-state index in [2.05, 4.69) is 16.3 Å². The van der Waals surface area contributed by atoms with Crippen molar-refractivity contribution in [2.24, 2.45) is 0 Å². The van der Waals surface area contributed by atoms with Crippen LogP contribution >= 0.6 is 11.5 Å². The van der Waals surface area contributed by atoms with E-state index in [9.17, 15) is 4.79 Å². The number of carbonyl (C=O) groups is 1. The number of Topliss-reactive ketones (excluding diaryl/α,β-unsaturated/α-hetero) is 1. The van der Waals surface area contributed by atoms with Gasteiger partial charge in [0.25, 0.3) is 0 Å². The standard InChI is InChI=1S/C10H16N2OS/c1-4-6-9-11-10(14-12-9)8(5-2)7(3)13/h8H,4-6H2,1-3H3. The third-order valence-corrected chi connectivity index (χ3v) is 3.02. The van der Waals surface area contributed by atoms with Gasteiger partial charge >= 0.3 is 0 Å². The van der Waals surface area contributed by atoms with Crippen LogP contribution in [0.1, 0.15) is 50.4 Å². The van der Waals surface area contributed by atoms with Crippen molar-refractivity contribution in [3.63, 3.8) is 0 Å². The quantitative estimate of drug-likeness (QED) is 0.753. The fourth-order valence-electron chi connectivity index (χ4n) is 1.37. The molecule has 0 aliphatic heterocycles. The lowest BCUT2D eigenvalue weighted by Crippen LogP contribution is -2.07. The molecule has 1 heterocycles. The first-order chi connectivity index (χ1) is 6.69.